The predicted molar refractivity (Wildman–Crippen MR) is 117 cm³/mol. The maximum atomic E-state index is 11.8. The maximum absolute atomic E-state index is 11.8. The van der Waals surface area contributed by atoms with Crippen LogP contribution in [0.4, 0.5) is 11.4 Å². The third-order valence-electron chi connectivity index (χ3n) is 4.25. The smallest absolute Gasteiger partial charge is 0.330 e. The summed E-state index contributed by atoms with van der Waals surface area (Å²) in [4.78, 5) is 26.4. The van der Waals surface area contributed by atoms with Gasteiger partial charge in [0, 0.05) is 30.8 Å². The molecule has 0 fully saturated rings. The Morgan fingerprint density at radius 3 is 2.27 bits per heavy atom. The molecule has 0 unspecified atom stereocenters. The van der Waals surface area contributed by atoms with Crippen molar-refractivity contribution < 1.29 is 14.5 Å². The molecular formula is C24H20N2O4. The number of carbonyl (C=O) groups excluding carboxylic acids is 1. The maximum Gasteiger partial charge on any atom is 0.330 e. The average molecular weight is 400 g/mol. The van der Waals surface area contributed by atoms with Crippen LogP contribution in [0.3, 0.4) is 0 Å². The molecule has 3 aromatic carbocycles. The van der Waals surface area contributed by atoms with Crippen LogP contribution in [0.15, 0.2) is 89.9 Å². The Hall–Kier alpha value is -4.06. The number of nitro groups is 1. The van der Waals surface area contributed by atoms with Crippen LogP contribution in [0.2, 0.25) is 0 Å². The van der Waals surface area contributed by atoms with Gasteiger partial charge in [0.25, 0.3) is 5.69 Å². The van der Waals surface area contributed by atoms with Crippen LogP contribution in [0.5, 0.6) is 0 Å². The van der Waals surface area contributed by atoms with Gasteiger partial charge in [-0.1, -0.05) is 42.5 Å². The molecule has 0 amide bonds. The van der Waals surface area contributed by atoms with Crippen molar-refractivity contribution in [3.05, 3.63) is 112 Å². The van der Waals surface area contributed by atoms with Crippen molar-refractivity contribution in [3.63, 3.8) is 0 Å². The number of ether oxygens (including phenoxy) is 1. The lowest BCUT2D eigenvalue weighted by molar-refractivity contribution is -0.384. The quantitative estimate of drug-likeness (QED) is 0.172. The molecule has 0 atom stereocenters. The van der Waals surface area contributed by atoms with E-state index in [0.717, 1.165) is 22.4 Å². The summed E-state index contributed by atoms with van der Waals surface area (Å²) in [6, 6.07) is 23.3. The lowest BCUT2D eigenvalue weighted by Gasteiger charge is -2.02. The van der Waals surface area contributed by atoms with Gasteiger partial charge in [-0.2, -0.15) is 0 Å². The van der Waals surface area contributed by atoms with E-state index < -0.39 is 4.92 Å². The molecule has 150 valence electrons. The third kappa shape index (κ3) is 6.53. The molecule has 0 aromatic heterocycles. The normalized spacial score (nSPS) is 11.1. The lowest BCUT2D eigenvalue weighted by Crippen LogP contribution is -2.04. The van der Waals surface area contributed by atoms with Gasteiger partial charge in [-0.05, 0) is 47.0 Å². The molecule has 0 spiro atoms. The molecule has 3 rings (SSSR count). The zero-order chi connectivity index (χ0) is 21.2. The largest absolute Gasteiger partial charge is 0.462 e. The van der Waals surface area contributed by atoms with Crippen molar-refractivity contribution in [2.45, 2.75) is 6.42 Å². The third-order valence-corrected chi connectivity index (χ3v) is 4.25. The van der Waals surface area contributed by atoms with Gasteiger partial charge in [0.15, 0.2) is 0 Å². The van der Waals surface area contributed by atoms with E-state index in [1.807, 2.05) is 54.6 Å². The van der Waals surface area contributed by atoms with Crippen LogP contribution < -0.4 is 0 Å². The van der Waals surface area contributed by atoms with Gasteiger partial charge in [-0.15, -0.1) is 0 Å². The molecule has 0 aliphatic carbocycles. The summed E-state index contributed by atoms with van der Waals surface area (Å²) < 4.78 is 5.21. The van der Waals surface area contributed by atoms with E-state index >= 15 is 0 Å². The Bertz CT molecular complexity index is 1040. The van der Waals surface area contributed by atoms with Crippen LogP contribution in [0, 0.1) is 10.1 Å². The number of hydrogen-bond acceptors (Lipinski definition) is 5. The first kappa shape index (κ1) is 20.7. The Morgan fingerprint density at radius 1 is 0.933 bits per heavy atom. The molecule has 0 aliphatic rings. The summed E-state index contributed by atoms with van der Waals surface area (Å²) in [7, 11) is 0. The van der Waals surface area contributed by atoms with E-state index in [2.05, 4.69) is 4.99 Å². The fraction of sp³-hybridized carbons (Fsp3) is 0.0833. The van der Waals surface area contributed by atoms with Crippen molar-refractivity contribution in [2.24, 2.45) is 4.99 Å². The Morgan fingerprint density at radius 2 is 1.60 bits per heavy atom. The number of benzene rings is 3. The molecule has 0 saturated carbocycles. The summed E-state index contributed by atoms with van der Waals surface area (Å²) >= 11 is 0. The Kier molecular flexibility index (Phi) is 7.22. The summed E-state index contributed by atoms with van der Waals surface area (Å²) in [5, 5.41) is 10.7. The van der Waals surface area contributed by atoms with Crippen molar-refractivity contribution >= 4 is 29.6 Å². The van der Waals surface area contributed by atoms with E-state index in [1.54, 1.807) is 24.4 Å². The molecule has 0 N–H and O–H groups in total. The molecule has 3 aromatic rings. The number of non-ortho nitro benzene ring substituents is 1. The summed E-state index contributed by atoms with van der Waals surface area (Å²) in [5.41, 5.74) is 3.52. The van der Waals surface area contributed by atoms with Crippen LogP contribution in [-0.4, -0.2) is 23.7 Å². The molecule has 6 heteroatoms. The van der Waals surface area contributed by atoms with Gasteiger partial charge >= 0.3 is 5.97 Å². The molecule has 0 heterocycles. The number of rotatable bonds is 8. The van der Waals surface area contributed by atoms with E-state index in [4.69, 9.17) is 4.74 Å². The van der Waals surface area contributed by atoms with Gasteiger partial charge in [0.2, 0.25) is 0 Å². The number of hydrogen-bond donors (Lipinski definition) is 0. The Labute approximate surface area is 174 Å². The first-order valence-corrected chi connectivity index (χ1v) is 9.37. The van der Waals surface area contributed by atoms with Crippen LogP contribution in [-0.2, 0) is 16.0 Å². The lowest BCUT2D eigenvalue weighted by atomic mass is 10.2. The second kappa shape index (κ2) is 10.5. The standard InChI is InChI=1S/C24H20N2O4/c27-24(30-17-16-19-4-2-1-3-5-19)15-10-20-6-11-22(12-7-20)25-18-21-8-13-23(14-9-21)26(28)29/h1-15,18H,16-17H2/b15-10-,25-18?. The molecule has 0 aliphatic heterocycles. The van der Waals surface area contributed by atoms with Crippen LogP contribution in [0.1, 0.15) is 16.7 Å². The SMILES string of the molecule is O=C(/C=C\c1ccc(N=Cc2ccc([N+](=O)[O-])cc2)cc1)OCCc1ccccc1. The van der Waals surface area contributed by atoms with Crippen molar-refractivity contribution in [3.8, 4) is 0 Å². The first-order chi connectivity index (χ1) is 14.6. The molecule has 0 saturated heterocycles. The molecular weight excluding hydrogens is 380 g/mol. The van der Waals surface area contributed by atoms with E-state index in [-0.39, 0.29) is 11.7 Å². The Balaban J connectivity index is 1.48. The predicted octanol–water partition coefficient (Wildman–Crippen LogP) is 5.14. The molecule has 0 bridgehead atoms. The fourth-order valence-electron chi connectivity index (χ4n) is 2.63. The minimum Gasteiger partial charge on any atom is -0.462 e. The van der Waals surface area contributed by atoms with Gasteiger partial charge in [-0.25, -0.2) is 4.79 Å². The summed E-state index contributed by atoms with van der Waals surface area (Å²) in [6.45, 7) is 0.337. The topological polar surface area (TPSA) is 81.8 Å². The fourth-order valence-corrected chi connectivity index (χ4v) is 2.63. The number of aliphatic imine (C=N–C) groups is 1. The van der Waals surface area contributed by atoms with Gasteiger partial charge in [0.05, 0.1) is 17.2 Å². The monoisotopic (exact) mass is 400 g/mol. The van der Waals surface area contributed by atoms with Crippen molar-refractivity contribution in [1.82, 2.24) is 0 Å². The number of nitrogens with zero attached hydrogens (tertiary/aromatic N) is 2. The van der Waals surface area contributed by atoms with E-state index in [9.17, 15) is 14.9 Å². The highest BCUT2D eigenvalue weighted by atomic mass is 16.6. The van der Waals surface area contributed by atoms with Gasteiger partial charge < -0.3 is 4.74 Å². The minimum atomic E-state index is -0.438. The highest BCUT2D eigenvalue weighted by Gasteiger charge is 2.02. The van der Waals surface area contributed by atoms with Crippen molar-refractivity contribution in [2.75, 3.05) is 6.61 Å². The first-order valence-electron chi connectivity index (χ1n) is 9.37. The van der Waals surface area contributed by atoms with E-state index in [0.29, 0.717) is 13.0 Å². The van der Waals surface area contributed by atoms with E-state index in [1.165, 1.54) is 18.2 Å². The van der Waals surface area contributed by atoms with Gasteiger partial charge in [0.1, 0.15) is 0 Å². The highest BCUT2D eigenvalue weighted by Crippen LogP contribution is 2.15. The summed E-state index contributed by atoms with van der Waals surface area (Å²) in [5.74, 6) is -0.383. The molecule has 30 heavy (non-hydrogen) atoms. The zero-order valence-electron chi connectivity index (χ0n) is 16.2. The minimum absolute atomic E-state index is 0.0434. The number of nitro benzene ring substituents is 1. The summed E-state index contributed by atoms with van der Waals surface area (Å²) in [6.07, 6.45) is 5.41. The molecule has 0 radical (unpaired) electrons. The second-order valence-corrected chi connectivity index (χ2v) is 6.43. The van der Waals surface area contributed by atoms with Gasteiger partial charge in [-0.3, -0.25) is 15.1 Å². The number of carbonyl (C=O) groups is 1. The zero-order valence-corrected chi connectivity index (χ0v) is 16.2. The van der Waals surface area contributed by atoms with Crippen LogP contribution in [0.25, 0.3) is 6.08 Å². The number of esters is 1. The molecule has 6 nitrogen and oxygen atoms in total. The average Bonchev–Trinajstić information content (AvgIpc) is 2.78. The second-order valence-electron chi connectivity index (χ2n) is 6.43. The van der Waals surface area contributed by atoms with Crippen molar-refractivity contribution in [1.29, 1.82) is 0 Å². The highest BCUT2D eigenvalue weighted by molar-refractivity contribution is 5.87. The van der Waals surface area contributed by atoms with Crippen LogP contribution >= 0.6 is 0 Å².